The first-order valence-corrected chi connectivity index (χ1v) is 9.27. The Morgan fingerprint density at radius 1 is 1.04 bits per heavy atom. The first-order chi connectivity index (χ1) is 13.7. The lowest BCUT2D eigenvalue weighted by atomic mass is 10.0. The van der Waals surface area contributed by atoms with Crippen molar-refractivity contribution in [2.75, 3.05) is 38.4 Å². The van der Waals surface area contributed by atoms with E-state index >= 15 is 0 Å². The van der Waals surface area contributed by atoms with Crippen molar-refractivity contribution in [1.29, 1.82) is 0 Å². The molecule has 2 fully saturated rings. The van der Waals surface area contributed by atoms with Gasteiger partial charge in [0.2, 0.25) is 6.79 Å². The maximum absolute atomic E-state index is 12.7. The maximum atomic E-state index is 12.7. The minimum atomic E-state index is -0.499. The predicted molar refractivity (Wildman–Crippen MR) is 97.7 cm³/mol. The van der Waals surface area contributed by atoms with Crippen LogP contribution in [0, 0.1) is 0 Å². The van der Waals surface area contributed by atoms with Gasteiger partial charge in [0.1, 0.15) is 11.5 Å². The van der Waals surface area contributed by atoms with Gasteiger partial charge < -0.3 is 29.2 Å². The van der Waals surface area contributed by atoms with E-state index < -0.39 is 5.79 Å². The van der Waals surface area contributed by atoms with Crippen LogP contribution in [0.5, 0.6) is 11.5 Å². The van der Waals surface area contributed by atoms with Crippen LogP contribution in [0.1, 0.15) is 23.3 Å². The van der Waals surface area contributed by atoms with Crippen molar-refractivity contribution in [2.24, 2.45) is 0 Å². The van der Waals surface area contributed by atoms with Crippen molar-refractivity contribution in [2.45, 2.75) is 18.6 Å². The Kier molecular flexibility index (Phi) is 4.25. The highest BCUT2D eigenvalue weighted by atomic mass is 16.7. The molecule has 0 saturated carbocycles. The standard InChI is InChI=1S/C19H20N4O5/c24-18(23-5-3-19(4-6-23)27-7-8-28-19)14-10-21-17(11-20-14)22-13-1-2-15-16(9-13)26-12-25-15/h1-2,9-11H,3-8,12H2,(H,21,22). The van der Waals surface area contributed by atoms with E-state index in [-0.39, 0.29) is 12.7 Å². The number of carbonyl (C=O) groups excluding carboxylic acids is 1. The average molecular weight is 384 g/mol. The van der Waals surface area contributed by atoms with Gasteiger partial charge in [-0.1, -0.05) is 0 Å². The van der Waals surface area contributed by atoms with E-state index in [2.05, 4.69) is 15.3 Å². The fourth-order valence-electron chi connectivity index (χ4n) is 3.62. The van der Waals surface area contributed by atoms with Crippen molar-refractivity contribution in [3.05, 3.63) is 36.3 Å². The highest BCUT2D eigenvalue weighted by Crippen LogP contribution is 2.35. The molecule has 0 atom stereocenters. The summed E-state index contributed by atoms with van der Waals surface area (Å²) in [7, 11) is 0. The van der Waals surface area contributed by atoms with Crippen LogP contribution in [-0.2, 0) is 9.47 Å². The number of ether oxygens (including phenoxy) is 4. The Morgan fingerprint density at radius 2 is 1.82 bits per heavy atom. The Morgan fingerprint density at radius 3 is 2.57 bits per heavy atom. The lowest BCUT2D eigenvalue weighted by Crippen LogP contribution is -2.47. The van der Waals surface area contributed by atoms with E-state index in [4.69, 9.17) is 18.9 Å². The van der Waals surface area contributed by atoms with Crippen molar-refractivity contribution >= 4 is 17.4 Å². The summed E-state index contributed by atoms with van der Waals surface area (Å²) in [6, 6.07) is 5.53. The first kappa shape index (κ1) is 17.2. The molecule has 0 aliphatic carbocycles. The Labute approximate surface area is 161 Å². The fourth-order valence-corrected chi connectivity index (χ4v) is 3.62. The van der Waals surface area contributed by atoms with Crippen LogP contribution in [0.25, 0.3) is 0 Å². The summed E-state index contributed by atoms with van der Waals surface area (Å²) in [5, 5.41) is 3.15. The molecule has 5 rings (SSSR count). The normalized spacial score (nSPS) is 19.8. The van der Waals surface area contributed by atoms with E-state index in [0.717, 1.165) is 5.69 Å². The van der Waals surface area contributed by atoms with Crippen molar-refractivity contribution in [1.82, 2.24) is 14.9 Å². The van der Waals surface area contributed by atoms with Gasteiger partial charge in [-0.25, -0.2) is 9.97 Å². The Balaban J connectivity index is 1.22. The number of nitrogens with one attached hydrogen (secondary N) is 1. The molecule has 3 aliphatic rings. The summed E-state index contributed by atoms with van der Waals surface area (Å²) in [5.74, 6) is 1.31. The quantitative estimate of drug-likeness (QED) is 0.858. The molecule has 4 heterocycles. The van der Waals surface area contributed by atoms with Crippen LogP contribution in [0.2, 0.25) is 0 Å². The lowest BCUT2D eigenvalue weighted by Gasteiger charge is -2.37. The Hall–Kier alpha value is -2.91. The molecular formula is C19H20N4O5. The number of carbonyl (C=O) groups is 1. The maximum Gasteiger partial charge on any atom is 0.274 e. The van der Waals surface area contributed by atoms with Gasteiger partial charge in [-0.3, -0.25) is 4.79 Å². The summed E-state index contributed by atoms with van der Waals surface area (Å²) < 4.78 is 22.1. The van der Waals surface area contributed by atoms with Crippen molar-refractivity contribution < 1.29 is 23.7 Å². The number of anilines is 2. The van der Waals surface area contributed by atoms with E-state index in [1.165, 1.54) is 6.20 Å². The molecule has 3 aliphatic heterocycles. The highest BCUT2D eigenvalue weighted by Gasteiger charge is 2.41. The van der Waals surface area contributed by atoms with Gasteiger partial charge in [0.25, 0.3) is 5.91 Å². The Bertz CT molecular complexity index is 872. The van der Waals surface area contributed by atoms with Gasteiger partial charge in [-0.15, -0.1) is 0 Å². The molecule has 0 bridgehead atoms. The smallest absolute Gasteiger partial charge is 0.274 e. The number of rotatable bonds is 3. The zero-order valence-electron chi connectivity index (χ0n) is 15.2. The van der Waals surface area contributed by atoms with Gasteiger partial charge in [0.15, 0.2) is 17.3 Å². The summed E-state index contributed by atoms with van der Waals surface area (Å²) in [6.07, 6.45) is 4.39. The van der Waals surface area contributed by atoms with Crippen molar-refractivity contribution in [3.63, 3.8) is 0 Å². The second kappa shape index (κ2) is 6.92. The molecule has 2 aromatic rings. The van der Waals surface area contributed by atoms with Crippen LogP contribution < -0.4 is 14.8 Å². The zero-order valence-corrected chi connectivity index (χ0v) is 15.2. The zero-order chi connectivity index (χ0) is 19.0. The van der Waals surface area contributed by atoms with Gasteiger partial charge in [0, 0.05) is 37.7 Å². The number of benzene rings is 1. The third kappa shape index (κ3) is 3.23. The second-order valence-electron chi connectivity index (χ2n) is 6.88. The third-order valence-corrected chi connectivity index (χ3v) is 5.14. The number of likely N-dealkylation sites (tertiary alicyclic amines) is 1. The minimum Gasteiger partial charge on any atom is -0.454 e. The summed E-state index contributed by atoms with van der Waals surface area (Å²) in [5.41, 5.74) is 1.12. The topological polar surface area (TPSA) is 95.0 Å². The fraction of sp³-hybridized carbons (Fsp3) is 0.421. The van der Waals surface area contributed by atoms with Gasteiger partial charge in [-0.05, 0) is 12.1 Å². The molecule has 1 N–H and O–H groups in total. The molecule has 0 radical (unpaired) electrons. The molecular weight excluding hydrogens is 364 g/mol. The number of nitrogens with zero attached hydrogens (tertiary/aromatic N) is 3. The molecule has 2 saturated heterocycles. The van der Waals surface area contributed by atoms with Crippen LogP contribution in [0.15, 0.2) is 30.6 Å². The van der Waals surface area contributed by atoms with Crippen molar-refractivity contribution in [3.8, 4) is 11.5 Å². The largest absolute Gasteiger partial charge is 0.454 e. The first-order valence-electron chi connectivity index (χ1n) is 9.27. The van der Waals surface area contributed by atoms with Crippen LogP contribution in [0.4, 0.5) is 11.5 Å². The number of hydrogen-bond donors (Lipinski definition) is 1. The molecule has 1 aromatic heterocycles. The van der Waals surface area contributed by atoms with E-state index in [1.807, 2.05) is 18.2 Å². The summed E-state index contributed by atoms with van der Waals surface area (Å²) in [4.78, 5) is 23.0. The summed E-state index contributed by atoms with van der Waals surface area (Å²) >= 11 is 0. The van der Waals surface area contributed by atoms with Crippen LogP contribution >= 0.6 is 0 Å². The van der Waals surface area contributed by atoms with Gasteiger partial charge >= 0.3 is 0 Å². The molecule has 28 heavy (non-hydrogen) atoms. The number of piperidine rings is 1. The molecule has 9 heteroatoms. The SMILES string of the molecule is O=C(c1cnc(Nc2ccc3c(c2)OCO3)cn1)N1CCC2(CC1)OCCO2. The molecule has 1 amide bonds. The number of amides is 1. The lowest BCUT2D eigenvalue weighted by molar-refractivity contribution is -0.181. The monoisotopic (exact) mass is 384 g/mol. The van der Waals surface area contributed by atoms with Gasteiger partial charge in [0.05, 0.1) is 25.6 Å². The predicted octanol–water partition coefficient (Wildman–Crippen LogP) is 1.93. The number of aromatic nitrogens is 2. The second-order valence-corrected chi connectivity index (χ2v) is 6.88. The molecule has 0 unspecified atom stereocenters. The van der Waals surface area contributed by atoms with Crippen LogP contribution in [0.3, 0.4) is 0 Å². The van der Waals surface area contributed by atoms with Gasteiger partial charge in [-0.2, -0.15) is 0 Å². The molecule has 9 nitrogen and oxygen atoms in total. The highest BCUT2D eigenvalue weighted by molar-refractivity contribution is 5.92. The molecule has 146 valence electrons. The molecule has 1 aromatic carbocycles. The number of hydrogen-bond acceptors (Lipinski definition) is 8. The van der Waals surface area contributed by atoms with E-state index in [1.54, 1.807) is 11.1 Å². The summed E-state index contributed by atoms with van der Waals surface area (Å²) in [6.45, 7) is 2.63. The average Bonchev–Trinajstić information content (AvgIpc) is 3.38. The molecule has 1 spiro atoms. The number of fused-ring (bicyclic) bond motifs is 1. The third-order valence-electron chi connectivity index (χ3n) is 5.14. The van der Waals surface area contributed by atoms with E-state index in [9.17, 15) is 4.79 Å². The van der Waals surface area contributed by atoms with Crippen LogP contribution in [-0.4, -0.2) is 59.7 Å². The minimum absolute atomic E-state index is 0.130. The van der Waals surface area contributed by atoms with E-state index in [0.29, 0.717) is 62.2 Å².